The van der Waals surface area contributed by atoms with Crippen LogP contribution in [0, 0.1) is 5.41 Å². The van der Waals surface area contributed by atoms with Crippen molar-refractivity contribution < 1.29 is 15.3 Å². The molecule has 0 amide bonds. The molecule has 0 saturated carbocycles. The van der Waals surface area contributed by atoms with Crippen LogP contribution in [0.2, 0.25) is 0 Å². The van der Waals surface area contributed by atoms with Crippen LogP contribution in [0.1, 0.15) is 47.5 Å². The maximum atomic E-state index is 10.00. The van der Waals surface area contributed by atoms with Crippen molar-refractivity contribution in [3.05, 3.63) is 82.5 Å². The summed E-state index contributed by atoms with van der Waals surface area (Å²) in [5.41, 5.74) is 5.23. The normalized spacial score (nSPS) is 22.3. The van der Waals surface area contributed by atoms with E-state index in [0.717, 1.165) is 23.1 Å². The molecule has 0 fully saturated rings. The summed E-state index contributed by atoms with van der Waals surface area (Å²) in [4.78, 5) is 0. The maximum Gasteiger partial charge on any atom is 0.0681 e. The van der Waals surface area contributed by atoms with Crippen LogP contribution in [0.3, 0.4) is 0 Å². The fourth-order valence-electron chi connectivity index (χ4n) is 3.39. The molecule has 154 valence electrons. The fourth-order valence-corrected chi connectivity index (χ4v) is 3.39. The van der Waals surface area contributed by atoms with Crippen LogP contribution in [0.25, 0.3) is 0 Å². The Morgan fingerprint density at radius 1 is 1.00 bits per heavy atom. The van der Waals surface area contributed by atoms with E-state index in [1.807, 2.05) is 62.5 Å². The average molecular weight is 385 g/mol. The van der Waals surface area contributed by atoms with Gasteiger partial charge in [0.05, 0.1) is 19.3 Å². The van der Waals surface area contributed by atoms with Crippen LogP contribution in [0.15, 0.2) is 82.5 Å². The second-order valence-corrected chi connectivity index (χ2v) is 8.20. The van der Waals surface area contributed by atoms with E-state index in [4.69, 9.17) is 5.11 Å². The predicted molar refractivity (Wildman–Crippen MR) is 119 cm³/mol. The molecule has 0 aliphatic heterocycles. The summed E-state index contributed by atoms with van der Waals surface area (Å²) in [6.45, 7) is 10.3. The van der Waals surface area contributed by atoms with Gasteiger partial charge in [-0.25, -0.2) is 0 Å². The van der Waals surface area contributed by atoms with Crippen molar-refractivity contribution in [1.29, 1.82) is 0 Å². The quantitative estimate of drug-likeness (QED) is 0.519. The third kappa shape index (κ3) is 8.39. The van der Waals surface area contributed by atoms with Gasteiger partial charge in [0.2, 0.25) is 0 Å². The molecule has 3 heteroatoms. The van der Waals surface area contributed by atoms with Crippen LogP contribution in [-0.2, 0) is 0 Å². The van der Waals surface area contributed by atoms with Gasteiger partial charge in [0.15, 0.2) is 0 Å². The molecule has 1 aliphatic carbocycles. The first-order valence-electron chi connectivity index (χ1n) is 9.85. The van der Waals surface area contributed by atoms with Crippen molar-refractivity contribution in [2.24, 2.45) is 5.41 Å². The first-order chi connectivity index (χ1) is 13.2. The first-order valence-corrected chi connectivity index (χ1v) is 9.85. The number of allylic oxidation sites excluding steroid dienone is 10. The molecule has 3 N–H and O–H groups in total. The summed E-state index contributed by atoms with van der Waals surface area (Å²) in [6.07, 6.45) is 18.8. The van der Waals surface area contributed by atoms with Crippen LogP contribution in [0.4, 0.5) is 0 Å². The molecule has 1 rings (SSSR count). The van der Waals surface area contributed by atoms with Gasteiger partial charge in [-0.1, -0.05) is 79.7 Å². The van der Waals surface area contributed by atoms with Crippen molar-refractivity contribution in [2.45, 2.75) is 53.6 Å². The standard InChI is InChI=1S/C25H36O3/c1-19(9-6-7-10-20(2)17-26)11-8-12-22(18-27)13-14-24-21(3)15-23(28)16-25(24,4)5/h6-14,23,26-28H,15-18H2,1-5H3. The summed E-state index contributed by atoms with van der Waals surface area (Å²) in [5.74, 6) is 0. The zero-order valence-corrected chi connectivity index (χ0v) is 17.9. The van der Waals surface area contributed by atoms with Gasteiger partial charge in [0.25, 0.3) is 0 Å². The zero-order valence-electron chi connectivity index (χ0n) is 17.9. The van der Waals surface area contributed by atoms with E-state index >= 15 is 0 Å². The number of hydrogen-bond donors (Lipinski definition) is 3. The van der Waals surface area contributed by atoms with Crippen LogP contribution in [0.5, 0.6) is 0 Å². The van der Waals surface area contributed by atoms with E-state index in [-0.39, 0.29) is 24.7 Å². The molecule has 0 heterocycles. The smallest absolute Gasteiger partial charge is 0.0681 e. The van der Waals surface area contributed by atoms with Crippen molar-refractivity contribution in [1.82, 2.24) is 0 Å². The molecular weight excluding hydrogens is 348 g/mol. The Labute approximate surface area is 170 Å². The van der Waals surface area contributed by atoms with Gasteiger partial charge in [-0.3, -0.25) is 0 Å². The first kappa shape index (κ1) is 24.1. The van der Waals surface area contributed by atoms with E-state index in [0.29, 0.717) is 6.42 Å². The molecule has 1 aliphatic rings. The number of aliphatic hydroxyl groups excluding tert-OH is 3. The Morgan fingerprint density at radius 2 is 1.68 bits per heavy atom. The van der Waals surface area contributed by atoms with Crippen LogP contribution in [-0.4, -0.2) is 34.6 Å². The van der Waals surface area contributed by atoms with Crippen LogP contribution >= 0.6 is 0 Å². The van der Waals surface area contributed by atoms with Gasteiger partial charge in [0, 0.05) is 0 Å². The summed E-state index contributed by atoms with van der Waals surface area (Å²) >= 11 is 0. The molecule has 0 saturated heterocycles. The van der Waals surface area contributed by atoms with Crippen molar-refractivity contribution in [3.63, 3.8) is 0 Å². The third-order valence-electron chi connectivity index (χ3n) is 4.89. The highest BCUT2D eigenvalue weighted by Crippen LogP contribution is 2.41. The molecule has 0 aromatic heterocycles. The fraction of sp³-hybridized carbons (Fsp3) is 0.440. The minimum absolute atomic E-state index is 0.0237. The molecule has 0 bridgehead atoms. The highest BCUT2D eigenvalue weighted by atomic mass is 16.3. The molecular formula is C25H36O3. The topological polar surface area (TPSA) is 60.7 Å². The summed E-state index contributed by atoms with van der Waals surface area (Å²) in [7, 11) is 0. The van der Waals surface area contributed by atoms with Crippen molar-refractivity contribution >= 4 is 0 Å². The lowest BCUT2D eigenvalue weighted by Gasteiger charge is -2.35. The van der Waals surface area contributed by atoms with Gasteiger partial charge < -0.3 is 15.3 Å². The van der Waals surface area contributed by atoms with E-state index in [9.17, 15) is 10.2 Å². The number of hydrogen-bond acceptors (Lipinski definition) is 3. The highest BCUT2D eigenvalue weighted by molar-refractivity contribution is 5.38. The molecule has 28 heavy (non-hydrogen) atoms. The van der Waals surface area contributed by atoms with Crippen molar-refractivity contribution in [2.75, 3.05) is 13.2 Å². The second kappa shape index (κ2) is 11.8. The van der Waals surface area contributed by atoms with E-state index in [1.54, 1.807) is 0 Å². The third-order valence-corrected chi connectivity index (χ3v) is 4.89. The zero-order chi connectivity index (χ0) is 21.2. The van der Waals surface area contributed by atoms with Crippen molar-refractivity contribution in [3.8, 4) is 0 Å². The minimum Gasteiger partial charge on any atom is -0.393 e. The van der Waals surface area contributed by atoms with Gasteiger partial charge in [-0.05, 0) is 55.7 Å². The monoisotopic (exact) mass is 384 g/mol. The van der Waals surface area contributed by atoms with Gasteiger partial charge in [-0.2, -0.15) is 0 Å². The molecule has 0 aromatic rings. The Kier molecular flexibility index (Phi) is 10.2. The Morgan fingerprint density at radius 3 is 2.29 bits per heavy atom. The van der Waals surface area contributed by atoms with Gasteiger partial charge in [0.1, 0.15) is 0 Å². The molecule has 1 unspecified atom stereocenters. The van der Waals surface area contributed by atoms with Crippen LogP contribution < -0.4 is 0 Å². The lowest BCUT2D eigenvalue weighted by Crippen LogP contribution is -2.28. The molecule has 0 aromatic carbocycles. The van der Waals surface area contributed by atoms with E-state index < -0.39 is 0 Å². The Hall–Kier alpha value is -1.94. The molecule has 0 spiro atoms. The lowest BCUT2D eigenvalue weighted by atomic mass is 9.71. The maximum absolute atomic E-state index is 10.00. The SMILES string of the molecule is CC(C=CC=C(C=CC1=C(C)CC(O)CC1(C)C)CO)=CC=CC=C(C)CO. The Bertz CT molecular complexity index is 725. The molecule has 3 nitrogen and oxygen atoms in total. The minimum atomic E-state index is -0.269. The molecule has 1 atom stereocenters. The number of aliphatic hydroxyl groups is 3. The Balaban J connectivity index is 2.82. The summed E-state index contributed by atoms with van der Waals surface area (Å²) in [5, 5.41) is 28.6. The molecule has 0 radical (unpaired) electrons. The summed E-state index contributed by atoms with van der Waals surface area (Å²) < 4.78 is 0. The van der Waals surface area contributed by atoms with Gasteiger partial charge >= 0.3 is 0 Å². The number of rotatable bonds is 8. The predicted octanol–water partition coefficient (Wildman–Crippen LogP) is 4.96. The largest absolute Gasteiger partial charge is 0.393 e. The van der Waals surface area contributed by atoms with E-state index in [2.05, 4.69) is 26.8 Å². The highest BCUT2D eigenvalue weighted by Gasteiger charge is 2.31. The second-order valence-electron chi connectivity index (χ2n) is 8.20. The summed E-state index contributed by atoms with van der Waals surface area (Å²) in [6, 6.07) is 0. The lowest BCUT2D eigenvalue weighted by molar-refractivity contribution is 0.116. The van der Waals surface area contributed by atoms with Gasteiger partial charge in [-0.15, -0.1) is 0 Å². The van der Waals surface area contributed by atoms with E-state index in [1.165, 1.54) is 11.1 Å². The average Bonchev–Trinajstić information content (AvgIpc) is 2.61.